The largest absolute Gasteiger partial charge is 0.457 e. The number of thioether (sulfide) groups is 1. The van der Waals surface area contributed by atoms with Crippen LogP contribution in [0.2, 0.25) is 0 Å². The molecule has 0 bridgehead atoms. The van der Waals surface area contributed by atoms with E-state index in [9.17, 15) is 13.2 Å². The molecule has 6 nitrogen and oxygen atoms in total. The molecular formula is C22H18N2O4S3. The van der Waals surface area contributed by atoms with Crippen molar-refractivity contribution in [3.63, 3.8) is 0 Å². The second kappa shape index (κ2) is 8.43. The standard InChI is InChI=1S/C22H18N2O4S3/c1-14-2-4-15(5-3-14)13-24-21(25)20(30-22(24)29)12-17-8-11-19(28-17)16-6-9-18(10-7-16)31(23,26)27/h2-12H,13H2,1H3,(H2,23,26,27)/b20-12+. The third-order valence-corrected chi connectivity index (χ3v) is 7.01. The van der Waals surface area contributed by atoms with Gasteiger partial charge in [-0.25, -0.2) is 13.6 Å². The monoisotopic (exact) mass is 470 g/mol. The molecule has 2 heterocycles. The van der Waals surface area contributed by atoms with Gasteiger partial charge < -0.3 is 4.42 Å². The molecule has 0 aliphatic carbocycles. The second-order valence-corrected chi connectivity index (χ2v) is 10.3. The highest BCUT2D eigenvalue weighted by Crippen LogP contribution is 2.34. The molecule has 0 saturated carbocycles. The Morgan fingerprint density at radius 1 is 1.06 bits per heavy atom. The third-order valence-electron chi connectivity index (χ3n) is 4.70. The molecule has 1 aliphatic rings. The summed E-state index contributed by atoms with van der Waals surface area (Å²) in [6, 6.07) is 17.5. The Kier molecular flexibility index (Phi) is 5.85. The van der Waals surface area contributed by atoms with E-state index in [4.69, 9.17) is 21.8 Å². The van der Waals surface area contributed by atoms with Gasteiger partial charge in [0.05, 0.1) is 16.3 Å². The van der Waals surface area contributed by atoms with E-state index in [1.165, 1.54) is 23.9 Å². The molecule has 9 heteroatoms. The van der Waals surface area contributed by atoms with Crippen LogP contribution in [0.5, 0.6) is 0 Å². The number of thiocarbonyl (C=S) groups is 1. The predicted octanol–water partition coefficient (Wildman–Crippen LogP) is 4.30. The zero-order valence-electron chi connectivity index (χ0n) is 16.4. The average Bonchev–Trinajstić information content (AvgIpc) is 3.29. The summed E-state index contributed by atoms with van der Waals surface area (Å²) >= 11 is 6.63. The molecule has 1 fully saturated rings. The van der Waals surface area contributed by atoms with Gasteiger partial charge in [-0.3, -0.25) is 9.69 Å². The maximum Gasteiger partial charge on any atom is 0.266 e. The Bertz CT molecular complexity index is 1290. The van der Waals surface area contributed by atoms with Gasteiger partial charge in [-0.15, -0.1) is 0 Å². The number of carbonyl (C=O) groups is 1. The number of hydrogen-bond donors (Lipinski definition) is 1. The van der Waals surface area contributed by atoms with E-state index in [2.05, 4.69) is 0 Å². The highest BCUT2D eigenvalue weighted by atomic mass is 32.2. The molecule has 1 aliphatic heterocycles. The molecule has 31 heavy (non-hydrogen) atoms. The van der Waals surface area contributed by atoms with Crippen LogP contribution in [0.25, 0.3) is 17.4 Å². The van der Waals surface area contributed by atoms with Crippen LogP contribution in [-0.2, 0) is 21.4 Å². The van der Waals surface area contributed by atoms with E-state index in [0.29, 0.717) is 32.9 Å². The van der Waals surface area contributed by atoms with Crippen LogP contribution < -0.4 is 5.14 Å². The number of furan rings is 1. The number of amides is 1. The molecule has 0 atom stereocenters. The smallest absolute Gasteiger partial charge is 0.266 e. The van der Waals surface area contributed by atoms with Crippen LogP contribution in [0.1, 0.15) is 16.9 Å². The molecule has 0 unspecified atom stereocenters. The summed E-state index contributed by atoms with van der Waals surface area (Å²) in [4.78, 5) is 14.9. The molecule has 1 amide bonds. The van der Waals surface area contributed by atoms with E-state index in [0.717, 1.165) is 11.1 Å². The Morgan fingerprint density at radius 3 is 2.39 bits per heavy atom. The Hall–Kier alpha value is -2.72. The lowest BCUT2D eigenvalue weighted by Gasteiger charge is -2.14. The van der Waals surface area contributed by atoms with E-state index in [-0.39, 0.29) is 10.8 Å². The summed E-state index contributed by atoms with van der Waals surface area (Å²) in [5, 5.41) is 5.12. The first-order chi connectivity index (χ1) is 14.7. The Morgan fingerprint density at radius 2 is 1.74 bits per heavy atom. The minimum absolute atomic E-state index is 0.0280. The molecule has 2 N–H and O–H groups in total. The van der Waals surface area contributed by atoms with Crippen molar-refractivity contribution in [2.75, 3.05) is 0 Å². The lowest BCUT2D eigenvalue weighted by atomic mass is 10.1. The summed E-state index contributed by atoms with van der Waals surface area (Å²) in [5.74, 6) is 0.884. The second-order valence-electron chi connectivity index (χ2n) is 7.02. The normalized spacial score (nSPS) is 15.8. The molecule has 0 spiro atoms. The van der Waals surface area contributed by atoms with Crippen LogP contribution in [0.15, 0.2) is 74.9 Å². The first kappa shape index (κ1) is 21.5. The maximum atomic E-state index is 12.8. The molecule has 1 aromatic heterocycles. The Labute approximate surface area is 189 Å². The zero-order valence-corrected chi connectivity index (χ0v) is 18.9. The van der Waals surface area contributed by atoms with Crippen molar-refractivity contribution < 1.29 is 17.6 Å². The van der Waals surface area contributed by atoms with Gasteiger partial charge in [0.15, 0.2) is 0 Å². The molecule has 158 valence electrons. The molecule has 1 saturated heterocycles. The number of sulfonamides is 1. The van der Waals surface area contributed by atoms with Crippen molar-refractivity contribution >= 4 is 50.3 Å². The van der Waals surface area contributed by atoms with Crippen LogP contribution in [-0.4, -0.2) is 23.5 Å². The number of hydrogen-bond acceptors (Lipinski definition) is 6. The number of rotatable bonds is 5. The molecule has 4 rings (SSSR count). The van der Waals surface area contributed by atoms with Crippen LogP contribution in [0.3, 0.4) is 0 Å². The quantitative estimate of drug-likeness (QED) is 0.441. The predicted molar refractivity (Wildman–Crippen MR) is 125 cm³/mol. The van der Waals surface area contributed by atoms with E-state index >= 15 is 0 Å². The summed E-state index contributed by atoms with van der Waals surface area (Å²) in [7, 11) is -3.75. The minimum Gasteiger partial charge on any atom is -0.457 e. The van der Waals surface area contributed by atoms with Crippen molar-refractivity contribution in [3.8, 4) is 11.3 Å². The zero-order chi connectivity index (χ0) is 22.2. The first-order valence-corrected chi connectivity index (χ1v) is 12.0. The van der Waals surface area contributed by atoms with Crippen molar-refractivity contribution in [3.05, 3.63) is 82.5 Å². The number of aryl methyl sites for hydroxylation is 1. The third kappa shape index (κ3) is 4.80. The van der Waals surface area contributed by atoms with Crippen LogP contribution in [0.4, 0.5) is 0 Å². The lowest BCUT2D eigenvalue weighted by Crippen LogP contribution is -2.27. The molecular weight excluding hydrogens is 452 g/mol. The fourth-order valence-electron chi connectivity index (χ4n) is 3.04. The number of primary sulfonamides is 1. The van der Waals surface area contributed by atoms with Crippen LogP contribution >= 0.6 is 24.0 Å². The van der Waals surface area contributed by atoms with E-state index < -0.39 is 10.0 Å². The molecule has 2 aromatic carbocycles. The van der Waals surface area contributed by atoms with Crippen molar-refractivity contribution in [2.45, 2.75) is 18.4 Å². The Balaban J connectivity index is 1.52. The van der Waals surface area contributed by atoms with Gasteiger partial charge in [-0.2, -0.15) is 0 Å². The van der Waals surface area contributed by atoms with E-state index in [1.54, 1.807) is 35.2 Å². The average molecular weight is 471 g/mol. The molecule has 0 radical (unpaired) electrons. The highest BCUT2D eigenvalue weighted by Gasteiger charge is 2.32. The van der Waals surface area contributed by atoms with Crippen molar-refractivity contribution in [2.24, 2.45) is 5.14 Å². The SMILES string of the molecule is Cc1ccc(CN2C(=O)/C(=C\c3ccc(-c4ccc(S(N)(=O)=O)cc4)o3)SC2=S)cc1. The van der Waals surface area contributed by atoms with Gasteiger partial charge in [-0.1, -0.05) is 53.8 Å². The summed E-state index contributed by atoms with van der Waals surface area (Å²) in [6.07, 6.45) is 1.66. The minimum atomic E-state index is -3.75. The number of nitrogens with zero attached hydrogens (tertiary/aromatic N) is 1. The van der Waals surface area contributed by atoms with Crippen molar-refractivity contribution in [1.29, 1.82) is 0 Å². The fraction of sp³-hybridized carbons (Fsp3) is 0.0909. The van der Waals surface area contributed by atoms with Gasteiger partial charge in [-0.05, 0) is 48.9 Å². The molecule has 3 aromatic rings. The van der Waals surface area contributed by atoms with Crippen molar-refractivity contribution in [1.82, 2.24) is 4.90 Å². The summed E-state index contributed by atoms with van der Waals surface area (Å²) in [5.41, 5.74) is 2.85. The first-order valence-electron chi connectivity index (χ1n) is 9.25. The van der Waals surface area contributed by atoms with E-state index in [1.807, 2.05) is 31.2 Å². The maximum absolute atomic E-state index is 12.8. The van der Waals surface area contributed by atoms with Gasteiger partial charge in [0.25, 0.3) is 5.91 Å². The van der Waals surface area contributed by atoms with Crippen LogP contribution in [0, 0.1) is 6.92 Å². The number of carbonyl (C=O) groups excluding carboxylic acids is 1. The fourth-order valence-corrected chi connectivity index (χ4v) is 4.79. The van der Waals surface area contributed by atoms with Gasteiger partial charge in [0.1, 0.15) is 15.8 Å². The summed E-state index contributed by atoms with van der Waals surface area (Å²) < 4.78 is 29.1. The highest BCUT2D eigenvalue weighted by molar-refractivity contribution is 8.26. The topological polar surface area (TPSA) is 93.6 Å². The number of nitrogens with two attached hydrogens (primary N) is 1. The van der Waals surface area contributed by atoms with Gasteiger partial charge >= 0.3 is 0 Å². The number of benzene rings is 2. The lowest BCUT2D eigenvalue weighted by molar-refractivity contribution is -0.122. The van der Waals surface area contributed by atoms with Gasteiger partial charge in [0, 0.05) is 11.6 Å². The summed E-state index contributed by atoms with van der Waals surface area (Å²) in [6.45, 7) is 2.43. The van der Waals surface area contributed by atoms with Gasteiger partial charge in [0.2, 0.25) is 10.0 Å².